The van der Waals surface area contributed by atoms with Gasteiger partial charge < -0.3 is 9.47 Å². The quantitative estimate of drug-likeness (QED) is 0.130. The molecular formula is C27H53NO4. The summed E-state index contributed by atoms with van der Waals surface area (Å²) in [6, 6.07) is -0.629. The first-order valence-corrected chi connectivity index (χ1v) is 13.5. The van der Waals surface area contributed by atoms with Gasteiger partial charge in [-0.2, -0.15) is 0 Å². The zero-order chi connectivity index (χ0) is 24.0. The standard InChI is InChI=1S/C27H53NO4/c1-6-7-8-9-10-11-12-13-14-15-16-17-18-19-20-21-22-31-26(29)25(4)28(5)27(30)32-23-24(2)3/h24-25H,6-23H2,1-5H3. The van der Waals surface area contributed by atoms with E-state index in [1.165, 1.54) is 94.8 Å². The van der Waals surface area contributed by atoms with Crippen LogP contribution in [0.4, 0.5) is 4.79 Å². The fraction of sp³-hybridized carbons (Fsp3) is 0.926. The Labute approximate surface area is 199 Å². The average Bonchev–Trinajstić information content (AvgIpc) is 2.78. The van der Waals surface area contributed by atoms with Gasteiger partial charge in [0, 0.05) is 7.05 Å². The van der Waals surface area contributed by atoms with E-state index in [1.54, 1.807) is 14.0 Å². The molecule has 1 unspecified atom stereocenters. The molecule has 0 aliphatic carbocycles. The lowest BCUT2D eigenvalue weighted by Crippen LogP contribution is -2.42. The first-order valence-electron chi connectivity index (χ1n) is 13.5. The van der Waals surface area contributed by atoms with Gasteiger partial charge in [-0.25, -0.2) is 9.59 Å². The van der Waals surface area contributed by atoms with Gasteiger partial charge in [0.1, 0.15) is 6.04 Å². The first kappa shape index (κ1) is 30.7. The number of esters is 1. The Kier molecular flexibility index (Phi) is 20.7. The van der Waals surface area contributed by atoms with Gasteiger partial charge in [-0.05, 0) is 19.3 Å². The monoisotopic (exact) mass is 455 g/mol. The minimum absolute atomic E-state index is 0.268. The van der Waals surface area contributed by atoms with E-state index in [0.29, 0.717) is 13.2 Å². The van der Waals surface area contributed by atoms with Crippen molar-refractivity contribution in [1.82, 2.24) is 4.90 Å². The largest absolute Gasteiger partial charge is 0.464 e. The van der Waals surface area contributed by atoms with Gasteiger partial charge in [0.05, 0.1) is 13.2 Å². The Hall–Kier alpha value is -1.26. The average molecular weight is 456 g/mol. The van der Waals surface area contributed by atoms with Gasteiger partial charge in [0.2, 0.25) is 0 Å². The summed E-state index contributed by atoms with van der Waals surface area (Å²) in [5.41, 5.74) is 0. The number of nitrogens with zero attached hydrogens (tertiary/aromatic N) is 1. The van der Waals surface area contributed by atoms with E-state index in [-0.39, 0.29) is 11.9 Å². The summed E-state index contributed by atoms with van der Waals surface area (Å²) in [5, 5.41) is 0. The van der Waals surface area contributed by atoms with E-state index in [4.69, 9.17) is 9.47 Å². The second kappa shape index (κ2) is 21.6. The fourth-order valence-electron chi connectivity index (χ4n) is 3.60. The number of carbonyl (C=O) groups is 2. The minimum atomic E-state index is -0.629. The Morgan fingerprint density at radius 3 is 1.47 bits per heavy atom. The van der Waals surface area contributed by atoms with Gasteiger partial charge in [0.25, 0.3) is 0 Å². The molecule has 1 atom stereocenters. The van der Waals surface area contributed by atoms with Gasteiger partial charge in [-0.15, -0.1) is 0 Å². The molecule has 0 aliphatic heterocycles. The summed E-state index contributed by atoms with van der Waals surface area (Å²) < 4.78 is 10.5. The molecule has 0 N–H and O–H groups in total. The Morgan fingerprint density at radius 1 is 0.656 bits per heavy atom. The molecule has 0 aromatic rings. The van der Waals surface area contributed by atoms with E-state index in [1.807, 2.05) is 13.8 Å². The van der Waals surface area contributed by atoms with Crippen LogP contribution in [0.1, 0.15) is 130 Å². The highest BCUT2D eigenvalue weighted by Gasteiger charge is 2.24. The van der Waals surface area contributed by atoms with Crippen LogP contribution in [0.2, 0.25) is 0 Å². The third-order valence-corrected chi connectivity index (χ3v) is 5.99. The van der Waals surface area contributed by atoms with Gasteiger partial charge >= 0.3 is 12.1 Å². The number of unbranched alkanes of at least 4 members (excludes halogenated alkanes) is 15. The van der Waals surface area contributed by atoms with Crippen molar-refractivity contribution < 1.29 is 19.1 Å². The van der Waals surface area contributed by atoms with Crippen molar-refractivity contribution in [2.45, 2.75) is 136 Å². The van der Waals surface area contributed by atoms with Gasteiger partial charge in [0.15, 0.2) is 0 Å². The summed E-state index contributed by atoms with van der Waals surface area (Å²) in [6.45, 7) is 8.68. The lowest BCUT2D eigenvalue weighted by Gasteiger charge is -2.23. The SMILES string of the molecule is CCCCCCCCCCCCCCCCCCOC(=O)C(C)N(C)C(=O)OCC(C)C. The fourth-order valence-corrected chi connectivity index (χ4v) is 3.60. The third-order valence-electron chi connectivity index (χ3n) is 5.99. The Morgan fingerprint density at radius 2 is 1.06 bits per heavy atom. The van der Waals surface area contributed by atoms with E-state index < -0.39 is 12.1 Å². The summed E-state index contributed by atoms with van der Waals surface area (Å²) >= 11 is 0. The van der Waals surface area contributed by atoms with Crippen LogP contribution in [0.25, 0.3) is 0 Å². The highest BCUT2D eigenvalue weighted by molar-refractivity contribution is 5.80. The summed E-state index contributed by atoms with van der Waals surface area (Å²) in [7, 11) is 1.57. The topological polar surface area (TPSA) is 55.8 Å². The van der Waals surface area contributed by atoms with Crippen molar-refractivity contribution >= 4 is 12.1 Å². The minimum Gasteiger partial charge on any atom is -0.464 e. The summed E-state index contributed by atoms with van der Waals surface area (Å²) in [6.07, 6.45) is 20.7. The normalized spacial score (nSPS) is 12.1. The van der Waals surface area contributed by atoms with Crippen LogP contribution in [0.5, 0.6) is 0 Å². The molecule has 0 saturated carbocycles. The van der Waals surface area contributed by atoms with Crippen molar-refractivity contribution in [2.24, 2.45) is 5.92 Å². The van der Waals surface area contributed by atoms with Gasteiger partial charge in [-0.1, -0.05) is 117 Å². The number of amides is 1. The molecule has 0 bridgehead atoms. The first-order chi connectivity index (χ1) is 15.4. The molecule has 5 heteroatoms. The molecule has 190 valence electrons. The maximum atomic E-state index is 12.1. The maximum absolute atomic E-state index is 12.1. The van der Waals surface area contributed by atoms with Crippen molar-refractivity contribution in [3.8, 4) is 0 Å². The van der Waals surface area contributed by atoms with E-state index in [2.05, 4.69) is 6.92 Å². The van der Waals surface area contributed by atoms with Crippen molar-refractivity contribution in [2.75, 3.05) is 20.3 Å². The lowest BCUT2D eigenvalue weighted by atomic mass is 10.0. The molecule has 0 heterocycles. The zero-order valence-corrected chi connectivity index (χ0v) is 22.0. The highest BCUT2D eigenvalue weighted by atomic mass is 16.6. The molecule has 0 aromatic heterocycles. The second-order valence-corrected chi connectivity index (χ2v) is 9.73. The van der Waals surface area contributed by atoms with Crippen LogP contribution in [0, 0.1) is 5.92 Å². The van der Waals surface area contributed by atoms with E-state index in [0.717, 1.165) is 12.8 Å². The number of rotatable bonds is 21. The molecule has 0 radical (unpaired) electrons. The third kappa shape index (κ3) is 18.3. The van der Waals surface area contributed by atoms with Crippen LogP contribution < -0.4 is 0 Å². The molecular weight excluding hydrogens is 402 g/mol. The summed E-state index contributed by atoms with van der Waals surface area (Å²) in [5.74, 6) is -0.0977. The van der Waals surface area contributed by atoms with E-state index >= 15 is 0 Å². The molecule has 5 nitrogen and oxygen atoms in total. The Balaban J connectivity index is 3.47. The number of ether oxygens (including phenoxy) is 2. The zero-order valence-electron chi connectivity index (χ0n) is 22.0. The van der Waals surface area contributed by atoms with E-state index in [9.17, 15) is 9.59 Å². The molecule has 0 fully saturated rings. The van der Waals surface area contributed by atoms with Crippen LogP contribution in [0.15, 0.2) is 0 Å². The number of carbonyl (C=O) groups excluding carboxylic acids is 2. The molecule has 0 aliphatic rings. The maximum Gasteiger partial charge on any atom is 0.410 e. The van der Waals surface area contributed by atoms with Crippen LogP contribution in [0.3, 0.4) is 0 Å². The van der Waals surface area contributed by atoms with Crippen LogP contribution >= 0.6 is 0 Å². The van der Waals surface area contributed by atoms with Crippen molar-refractivity contribution in [1.29, 1.82) is 0 Å². The predicted octanol–water partition coefficient (Wildman–Crippen LogP) is 7.90. The molecule has 32 heavy (non-hydrogen) atoms. The molecule has 0 rings (SSSR count). The highest BCUT2D eigenvalue weighted by Crippen LogP contribution is 2.14. The van der Waals surface area contributed by atoms with Crippen molar-refractivity contribution in [3.05, 3.63) is 0 Å². The number of hydrogen-bond acceptors (Lipinski definition) is 4. The molecule has 0 aromatic carbocycles. The molecule has 0 saturated heterocycles. The second-order valence-electron chi connectivity index (χ2n) is 9.73. The number of hydrogen-bond donors (Lipinski definition) is 0. The van der Waals surface area contributed by atoms with Gasteiger partial charge in [-0.3, -0.25) is 4.90 Å². The van der Waals surface area contributed by atoms with Crippen LogP contribution in [-0.4, -0.2) is 43.3 Å². The summed E-state index contributed by atoms with van der Waals surface area (Å²) in [4.78, 5) is 25.3. The molecule has 0 spiro atoms. The smallest absolute Gasteiger partial charge is 0.410 e. The van der Waals surface area contributed by atoms with Crippen LogP contribution in [-0.2, 0) is 14.3 Å². The number of likely N-dealkylation sites (N-methyl/N-ethyl adjacent to an activating group) is 1. The molecule has 1 amide bonds. The predicted molar refractivity (Wildman–Crippen MR) is 134 cm³/mol. The Bertz CT molecular complexity index is 453. The lowest BCUT2D eigenvalue weighted by molar-refractivity contribution is -0.148. The van der Waals surface area contributed by atoms with Crippen molar-refractivity contribution in [3.63, 3.8) is 0 Å².